The van der Waals surface area contributed by atoms with Crippen molar-refractivity contribution in [3.63, 3.8) is 0 Å². The lowest BCUT2D eigenvalue weighted by Gasteiger charge is -2.51. The van der Waals surface area contributed by atoms with Crippen LogP contribution in [0.5, 0.6) is 0 Å². The predicted molar refractivity (Wildman–Crippen MR) is 252 cm³/mol. The summed E-state index contributed by atoms with van der Waals surface area (Å²) < 4.78 is 23.4. The average molecular weight is 947 g/mol. The second-order valence-corrected chi connectivity index (χ2v) is 24.8. The molecule has 0 aromatic heterocycles. The molecule has 67 heavy (non-hydrogen) atoms. The van der Waals surface area contributed by atoms with E-state index in [1.54, 1.807) is 24.3 Å². The highest BCUT2D eigenvalue weighted by Crippen LogP contribution is 2.42. The molecular formula is C51H86N4O12. The van der Waals surface area contributed by atoms with Crippen molar-refractivity contribution >= 4 is 23.9 Å². The molecule has 4 heterocycles. The van der Waals surface area contributed by atoms with Crippen LogP contribution in [0.25, 0.3) is 0 Å². The first-order valence-electron chi connectivity index (χ1n) is 24.3. The Hall–Kier alpha value is -3.22. The first-order valence-corrected chi connectivity index (χ1v) is 24.3. The summed E-state index contributed by atoms with van der Waals surface area (Å²) >= 11 is 0. The number of hydrogen-bond acceptors (Lipinski definition) is 16. The average Bonchev–Trinajstić information content (AvgIpc) is 3.16. The molecule has 1 aromatic carbocycles. The van der Waals surface area contributed by atoms with Gasteiger partial charge >= 0.3 is 23.9 Å². The van der Waals surface area contributed by atoms with Crippen LogP contribution in [-0.2, 0) is 28.5 Å². The molecule has 1 aromatic rings. The number of carbonyl (C=O) groups is 4. The van der Waals surface area contributed by atoms with Crippen molar-refractivity contribution in [3.8, 4) is 0 Å². The maximum absolute atomic E-state index is 13.2. The Kier molecular flexibility index (Phi) is 17.0. The number of nitrogens with zero attached hydrogens (tertiary/aromatic N) is 4. The van der Waals surface area contributed by atoms with Gasteiger partial charge in [-0.05, 0) is 129 Å². The van der Waals surface area contributed by atoms with Crippen molar-refractivity contribution in [2.45, 2.75) is 257 Å². The van der Waals surface area contributed by atoms with Gasteiger partial charge in [0, 0.05) is 95.7 Å². The summed E-state index contributed by atoms with van der Waals surface area (Å²) in [6.45, 7) is 32.5. The van der Waals surface area contributed by atoms with Crippen molar-refractivity contribution in [3.05, 3.63) is 35.4 Å². The summed E-state index contributed by atoms with van der Waals surface area (Å²) in [5.41, 5.74) is -4.15. The lowest BCUT2D eigenvalue weighted by Crippen LogP contribution is -2.61. The van der Waals surface area contributed by atoms with E-state index >= 15 is 0 Å². The molecule has 0 aliphatic carbocycles. The Bertz CT molecular complexity index is 1720. The number of esters is 4. The zero-order valence-corrected chi connectivity index (χ0v) is 43.8. The topological polar surface area (TPSA) is 199 Å². The lowest BCUT2D eigenvalue weighted by atomic mass is 9.80. The van der Waals surface area contributed by atoms with Crippen LogP contribution in [0, 0.1) is 5.92 Å². The number of piperidine rings is 4. The fraction of sp³-hybridized carbons (Fsp3) is 0.804. The lowest BCUT2D eigenvalue weighted by molar-refractivity contribution is -0.261. The highest BCUT2D eigenvalue weighted by molar-refractivity contribution is 6.03. The summed E-state index contributed by atoms with van der Waals surface area (Å²) in [4.78, 5) is 52.6. The third-order valence-corrected chi connectivity index (χ3v) is 14.3. The number of ether oxygens (including phenoxy) is 4. The van der Waals surface area contributed by atoms with Crippen LogP contribution >= 0.6 is 0 Å². The van der Waals surface area contributed by atoms with Gasteiger partial charge in [0.1, 0.15) is 24.4 Å². The first kappa shape index (κ1) is 56.4. The van der Waals surface area contributed by atoms with Crippen LogP contribution in [0.3, 0.4) is 0 Å². The molecule has 5 rings (SSSR count). The van der Waals surface area contributed by atoms with Gasteiger partial charge in [-0.3, -0.25) is 9.59 Å². The Balaban J connectivity index is 0.000000293. The summed E-state index contributed by atoms with van der Waals surface area (Å²) in [5.74, 6) is -3.23. The zero-order chi connectivity index (χ0) is 51.1. The van der Waals surface area contributed by atoms with E-state index in [2.05, 4.69) is 0 Å². The summed E-state index contributed by atoms with van der Waals surface area (Å²) in [7, 11) is 0. The van der Waals surface area contributed by atoms with Crippen LogP contribution in [0.2, 0.25) is 0 Å². The Morgan fingerprint density at radius 1 is 0.463 bits per heavy atom. The smallest absolute Gasteiger partial charge is 0.339 e. The zero-order valence-electron chi connectivity index (χ0n) is 43.8. The van der Waals surface area contributed by atoms with Gasteiger partial charge in [-0.2, -0.15) is 20.3 Å². The molecule has 0 unspecified atom stereocenters. The van der Waals surface area contributed by atoms with Gasteiger partial charge in [-0.15, -0.1) is 0 Å². The molecule has 0 spiro atoms. The van der Waals surface area contributed by atoms with Crippen molar-refractivity contribution in [1.82, 2.24) is 20.3 Å². The molecule has 4 fully saturated rings. The molecule has 0 atom stereocenters. The molecule has 0 saturated carbocycles. The largest absolute Gasteiger partial charge is 0.462 e. The Morgan fingerprint density at radius 3 is 0.910 bits per heavy atom. The fourth-order valence-electron chi connectivity index (χ4n) is 11.6. The maximum Gasteiger partial charge on any atom is 0.339 e. The molecule has 0 amide bonds. The predicted octanol–water partition coefficient (Wildman–Crippen LogP) is 9.52. The van der Waals surface area contributed by atoms with Gasteiger partial charge in [-0.1, -0.05) is 31.9 Å². The normalized spacial score (nSPS) is 25.3. The molecule has 16 nitrogen and oxygen atoms in total. The van der Waals surface area contributed by atoms with Crippen molar-refractivity contribution in [2.24, 2.45) is 5.92 Å². The van der Waals surface area contributed by atoms with Gasteiger partial charge in [0.25, 0.3) is 0 Å². The summed E-state index contributed by atoms with van der Waals surface area (Å²) in [5, 5.41) is 47.4. The van der Waals surface area contributed by atoms with E-state index < -0.39 is 98.5 Å². The van der Waals surface area contributed by atoms with E-state index in [0.717, 1.165) is 6.42 Å². The quantitative estimate of drug-likeness (QED) is 0.0928. The number of benzene rings is 1. The molecule has 0 radical (unpaired) electrons. The minimum absolute atomic E-state index is 0.160. The van der Waals surface area contributed by atoms with Gasteiger partial charge < -0.3 is 39.8 Å². The molecular weight excluding hydrogens is 861 g/mol. The second-order valence-electron chi connectivity index (χ2n) is 24.8. The molecule has 0 bridgehead atoms. The highest BCUT2D eigenvalue weighted by atomic mass is 16.6. The third kappa shape index (κ3) is 13.4. The van der Waals surface area contributed by atoms with Crippen LogP contribution < -0.4 is 0 Å². The van der Waals surface area contributed by atoms with Crippen LogP contribution in [0.15, 0.2) is 24.3 Å². The third-order valence-electron chi connectivity index (χ3n) is 14.3. The van der Waals surface area contributed by atoms with Crippen molar-refractivity contribution in [1.29, 1.82) is 0 Å². The van der Waals surface area contributed by atoms with E-state index in [4.69, 9.17) is 18.9 Å². The molecule has 382 valence electrons. The van der Waals surface area contributed by atoms with Crippen LogP contribution in [-0.4, -0.2) is 134 Å². The maximum atomic E-state index is 13.2. The molecule has 4 aliphatic rings. The SMILES string of the molecule is CC1(C)CC(OC(=O)c2ccccc2C(=O)OC2CC(C)(C)N(O)C(C)(C)C2)CC(C)(C)N1O.CCCCC(C(=O)OC1CC(C)(C)N(O)C(C)(C)C1)C(=O)OC1CC(C)(C)N(O)C(C)(C)C1. The minimum Gasteiger partial charge on any atom is -0.462 e. The number of hydrogen-bond donors (Lipinski definition) is 4. The fourth-order valence-corrected chi connectivity index (χ4v) is 11.6. The standard InChI is InChI=1S/C26H40N2O6.C25H46N2O6/c1-23(2)13-17(14-24(3,4)27(23)31)33-21(29)19-11-9-10-12-20(19)22(30)34-18-15-25(5,6)28(32)26(7,8)16-18;1-10-11-12-19(20(28)32-17-13-22(2,3)26(30)23(4,5)14-17)21(29)33-18-15-24(6,7)27(31)25(8,9)16-18/h9-12,17-18,31-32H,13-16H2,1-8H3;17-19,30-31H,10-16H2,1-9H3. The van der Waals surface area contributed by atoms with Crippen LogP contribution in [0.1, 0.15) is 209 Å². The number of carbonyl (C=O) groups excluding carboxylic acids is 4. The summed E-state index contributed by atoms with van der Waals surface area (Å²) in [6, 6.07) is 6.52. The van der Waals surface area contributed by atoms with Crippen LogP contribution in [0.4, 0.5) is 0 Å². The number of rotatable bonds is 11. The molecule has 4 saturated heterocycles. The Labute approximate surface area is 400 Å². The number of hydroxylamine groups is 8. The summed E-state index contributed by atoms with van der Waals surface area (Å²) in [6.07, 6.45) is 4.14. The van der Waals surface area contributed by atoms with Gasteiger partial charge in [0.05, 0.1) is 11.1 Å². The molecule has 16 heteroatoms. The monoisotopic (exact) mass is 947 g/mol. The molecule has 4 N–H and O–H groups in total. The second kappa shape index (κ2) is 20.2. The van der Waals surface area contributed by atoms with E-state index in [1.165, 1.54) is 20.3 Å². The van der Waals surface area contributed by atoms with E-state index in [-0.39, 0.29) is 11.1 Å². The van der Waals surface area contributed by atoms with E-state index in [9.17, 15) is 40.0 Å². The highest BCUT2D eigenvalue weighted by Gasteiger charge is 2.51. The van der Waals surface area contributed by atoms with Gasteiger partial charge in [-0.25, -0.2) is 9.59 Å². The molecule has 4 aliphatic heterocycles. The number of unbranched alkanes of at least 4 members (excludes halogenated alkanes) is 1. The van der Waals surface area contributed by atoms with E-state index in [1.807, 2.05) is 118 Å². The Morgan fingerprint density at radius 2 is 0.687 bits per heavy atom. The minimum atomic E-state index is -0.971. The van der Waals surface area contributed by atoms with E-state index in [0.29, 0.717) is 64.2 Å². The van der Waals surface area contributed by atoms with Gasteiger partial charge in [0.15, 0.2) is 5.92 Å². The first-order chi connectivity index (χ1) is 30.4. The van der Waals surface area contributed by atoms with Crippen molar-refractivity contribution in [2.75, 3.05) is 0 Å². The van der Waals surface area contributed by atoms with Gasteiger partial charge in [0.2, 0.25) is 0 Å². The van der Waals surface area contributed by atoms with Crippen molar-refractivity contribution < 1.29 is 59.0 Å².